The minimum Gasteiger partial charge on any atom is -0.357 e. The summed E-state index contributed by atoms with van der Waals surface area (Å²) in [6.45, 7) is 9.12. The molecule has 2 N–H and O–H groups in total. The van der Waals surface area contributed by atoms with Gasteiger partial charge in [-0.2, -0.15) is 11.3 Å². The van der Waals surface area contributed by atoms with Crippen molar-refractivity contribution in [3.63, 3.8) is 0 Å². The highest BCUT2D eigenvalue weighted by atomic mass is 127. The molecule has 1 unspecified atom stereocenters. The molecule has 1 saturated heterocycles. The largest absolute Gasteiger partial charge is 0.357 e. The third-order valence-corrected chi connectivity index (χ3v) is 5.87. The van der Waals surface area contributed by atoms with E-state index in [0.29, 0.717) is 6.04 Å². The Kier molecular flexibility index (Phi) is 11.0. The topological polar surface area (TPSA) is 42.9 Å². The Morgan fingerprint density at radius 3 is 2.72 bits per heavy atom. The van der Waals surface area contributed by atoms with Crippen molar-refractivity contribution < 1.29 is 0 Å². The summed E-state index contributed by atoms with van der Waals surface area (Å²) in [7, 11) is 2.22. The highest BCUT2D eigenvalue weighted by Gasteiger charge is 2.25. The number of hydrogen-bond acceptors (Lipinski definition) is 4. The highest BCUT2D eigenvalue weighted by molar-refractivity contribution is 14.0. The van der Waals surface area contributed by atoms with Crippen molar-refractivity contribution in [3.05, 3.63) is 58.3 Å². The van der Waals surface area contributed by atoms with Gasteiger partial charge in [0.05, 0.1) is 6.54 Å². The first-order valence-corrected chi connectivity index (χ1v) is 11.2. The fraction of sp³-hybridized carbons (Fsp3) is 0.500. The Morgan fingerprint density at radius 1 is 1.17 bits per heavy atom. The van der Waals surface area contributed by atoms with Gasteiger partial charge in [-0.25, -0.2) is 4.99 Å². The molecule has 0 spiro atoms. The molecule has 2 heterocycles. The number of hydrogen-bond donors (Lipinski definition) is 2. The van der Waals surface area contributed by atoms with Crippen molar-refractivity contribution in [3.8, 4) is 0 Å². The minimum absolute atomic E-state index is 0. The van der Waals surface area contributed by atoms with Gasteiger partial charge in [-0.1, -0.05) is 30.3 Å². The Hall–Kier alpha value is -1.16. The molecule has 0 radical (unpaired) electrons. The number of aliphatic imine (C=N–C) groups is 1. The second kappa shape index (κ2) is 13.2. The lowest BCUT2D eigenvalue weighted by atomic mass is 10.0. The van der Waals surface area contributed by atoms with Gasteiger partial charge < -0.3 is 15.5 Å². The number of nitrogens with zero attached hydrogens (tertiary/aromatic N) is 3. The van der Waals surface area contributed by atoms with Gasteiger partial charge in [0, 0.05) is 45.3 Å². The van der Waals surface area contributed by atoms with Crippen LogP contribution >= 0.6 is 35.3 Å². The number of thiophene rings is 1. The van der Waals surface area contributed by atoms with E-state index < -0.39 is 0 Å². The number of benzene rings is 1. The van der Waals surface area contributed by atoms with E-state index in [1.807, 2.05) is 0 Å². The van der Waals surface area contributed by atoms with Gasteiger partial charge >= 0.3 is 0 Å². The maximum absolute atomic E-state index is 4.69. The van der Waals surface area contributed by atoms with E-state index in [1.165, 1.54) is 11.1 Å². The van der Waals surface area contributed by atoms with Crippen LogP contribution in [-0.4, -0.2) is 62.1 Å². The number of piperazine rings is 1. The molecule has 160 valence electrons. The van der Waals surface area contributed by atoms with Crippen LogP contribution in [0.5, 0.6) is 0 Å². The van der Waals surface area contributed by atoms with Crippen LogP contribution in [0, 0.1) is 0 Å². The van der Waals surface area contributed by atoms with Crippen LogP contribution in [-0.2, 0) is 6.54 Å². The standard InChI is InChI=1S/C22H33N5S.HI/c1-3-23-22(25-16-19-10-15-28-18-19)24-11-7-12-27-14-13-26(2)17-21(27)20-8-5-4-6-9-20;/h4-6,8-10,15,18,21H,3,7,11-14,16-17H2,1-2H3,(H2,23,24,25);1H. The van der Waals surface area contributed by atoms with Crippen LogP contribution in [0.2, 0.25) is 0 Å². The number of halogens is 1. The molecule has 1 fully saturated rings. The highest BCUT2D eigenvalue weighted by Crippen LogP contribution is 2.24. The van der Waals surface area contributed by atoms with Gasteiger partial charge in [0.1, 0.15) is 0 Å². The molecular weight excluding hydrogens is 493 g/mol. The normalized spacial score (nSPS) is 18.3. The molecule has 0 bridgehead atoms. The molecule has 3 rings (SSSR count). The van der Waals surface area contributed by atoms with Crippen molar-refractivity contribution in [2.75, 3.05) is 46.3 Å². The third-order valence-electron chi connectivity index (χ3n) is 5.14. The number of rotatable bonds is 8. The zero-order valence-electron chi connectivity index (χ0n) is 17.5. The monoisotopic (exact) mass is 527 g/mol. The quantitative estimate of drug-likeness (QED) is 0.237. The molecule has 0 amide bonds. The number of nitrogens with one attached hydrogen (secondary N) is 2. The molecule has 2 aromatic rings. The molecule has 29 heavy (non-hydrogen) atoms. The van der Waals surface area contributed by atoms with Crippen molar-refractivity contribution in [1.29, 1.82) is 0 Å². The first-order chi connectivity index (χ1) is 13.8. The van der Waals surface area contributed by atoms with Gasteiger partial charge in [-0.15, -0.1) is 24.0 Å². The Bertz CT molecular complexity index is 707. The zero-order chi connectivity index (χ0) is 19.6. The third kappa shape index (κ3) is 7.88. The van der Waals surface area contributed by atoms with Crippen LogP contribution in [0.15, 0.2) is 52.2 Å². The van der Waals surface area contributed by atoms with E-state index in [9.17, 15) is 0 Å². The Labute approximate surface area is 196 Å². The Morgan fingerprint density at radius 2 is 2.00 bits per heavy atom. The molecule has 1 aliphatic heterocycles. The predicted molar refractivity (Wildman–Crippen MR) is 135 cm³/mol. The fourth-order valence-electron chi connectivity index (χ4n) is 3.60. The maximum Gasteiger partial charge on any atom is 0.191 e. The van der Waals surface area contributed by atoms with Crippen molar-refractivity contribution in [2.24, 2.45) is 4.99 Å². The van der Waals surface area contributed by atoms with Gasteiger partial charge in [-0.3, -0.25) is 4.90 Å². The Balaban J connectivity index is 0.00000300. The van der Waals surface area contributed by atoms with Gasteiger partial charge in [0.15, 0.2) is 5.96 Å². The lowest BCUT2D eigenvalue weighted by molar-refractivity contribution is 0.0891. The van der Waals surface area contributed by atoms with E-state index >= 15 is 0 Å². The fourth-order valence-corrected chi connectivity index (χ4v) is 4.26. The van der Waals surface area contributed by atoms with Crippen molar-refractivity contribution >= 4 is 41.3 Å². The van der Waals surface area contributed by atoms with Crippen molar-refractivity contribution in [2.45, 2.75) is 25.9 Å². The van der Waals surface area contributed by atoms with Gasteiger partial charge in [0.2, 0.25) is 0 Å². The summed E-state index contributed by atoms with van der Waals surface area (Å²) in [5, 5.41) is 11.1. The van der Waals surface area contributed by atoms with E-state index in [4.69, 9.17) is 4.99 Å². The van der Waals surface area contributed by atoms with Crippen LogP contribution < -0.4 is 10.6 Å². The second-order valence-electron chi connectivity index (χ2n) is 7.33. The van der Waals surface area contributed by atoms with Crippen LogP contribution in [0.1, 0.15) is 30.5 Å². The van der Waals surface area contributed by atoms with Crippen LogP contribution in [0.4, 0.5) is 0 Å². The molecule has 5 nitrogen and oxygen atoms in total. The van der Waals surface area contributed by atoms with Gasteiger partial charge in [-0.05, 0) is 48.3 Å². The summed E-state index contributed by atoms with van der Waals surface area (Å²) >= 11 is 1.72. The maximum atomic E-state index is 4.69. The van der Waals surface area contributed by atoms with E-state index in [2.05, 4.69) is 81.6 Å². The second-order valence-corrected chi connectivity index (χ2v) is 8.11. The van der Waals surface area contributed by atoms with Crippen molar-refractivity contribution in [1.82, 2.24) is 20.4 Å². The molecule has 7 heteroatoms. The summed E-state index contributed by atoms with van der Waals surface area (Å²) in [5.41, 5.74) is 2.69. The van der Waals surface area contributed by atoms with E-state index in [1.54, 1.807) is 11.3 Å². The molecule has 1 atom stereocenters. The SMILES string of the molecule is CCNC(=NCc1ccsc1)NCCCN1CCN(C)CC1c1ccccc1.I. The summed E-state index contributed by atoms with van der Waals surface area (Å²) in [4.78, 5) is 9.76. The number of likely N-dealkylation sites (N-methyl/N-ethyl adjacent to an activating group) is 1. The smallest absolute Gasteiger partial charge is 0.191 e. The molecule has 1 aromatic carbocycles. The molecule has 0 aliphatic carbocycles. The van der Waals surface area contributed by atoms with Crippen LogP contribution in [0.25, 0.3) is 0 Å². The first-order valence-electron chi connectivity index (χ1n) is 10.3. The molecular formula is C22H34IN5S. The summed E-state index contributed by atoms with van der Waals surface area (Å²) in [6, 6.07) is 13.5. The van der Waals surface area contributed by atoms with E-state index in [-0.39, 0.29) is 24.0 Å². The minimum atomic E-state index is 0. The lowest BCUT2D eigenvalue weighted by Crippen LogP contribution is -2.47. The molecule has 1 aromatic heterocycles. The first kappa shape index (κ1) is 24.1. The zero-order valence-corrected chi connectivity index (χ0v) is 20.7. The van der Waals surface area contributed by atoms with Gasteiger partial charge in [0.25, 0.3) is 0 Å². The number of guanidine groups is 1. The average Bonchev–Trinajstić information content (AvgIpc) is 3.24. The van der Waals surface area contributed by atoms with Crippen LogP contribution in [0.3, 0.4) is 0 Å². The predicted octanol–water partition coefficient (Wildman–Crippen LogP) is 3.80. The average molecular weight is 528 g/mol. The summed E-state index contributed by atoms with van der Waals surface area (Å²) < 4.78 is 0. The van der Waals surface area contributed by atoms with E-state index in [0.717, 1.165) is 58.2 Å². The summed E-state index contributed by atoms with van der Waals surface area (Å²) in [6.07, 6.45) is 1.11. The molecule has 1 aliphatic rings. The molecule has 0 saturated carbocycles. The summed E-state index contributed by atoms with van der Waals surface area (Å²) in [5.74, 6) is 0.909. The lowest BCUT2D eigenvalue weighted by Gasteiger charge is -2.40.